The molecule has 1 aromatic carbocycles. The van der Waals surface area contributed by atoms with Gasteiger partial charge in [-0.1, -0.05) is 19.9 Å². The first kappa shape index (κ1) is 18.8. The molecular formula is C20H34N4. The van der Waals surface area contributed by atoms with E-state index in [2.05, 4.69) is 55.0 Å². The van der Waals surface area contributed by atoms with E-state index in [0.29, 0.717) is 5.96 Å². The molecule has 2 unspecified atom stereocenters. The summed E-state index contributed by atoms with van der Waals surface area (Å²) < 4.78 is 0. The zero-order chi connectivity index (χ0) is 17.5. The highest BCUT2D eigenvalue weighted by Crippen LogP contribution is 2.21. The monoisotopic (exact) mass is 330 g/mol. The molecule has 1 saturated heterocycles. The van der Waals surface area contributed by atoms with Gasteiger partial charge >= 0.3 is 0 Å². The lowest BCUT2D eigenvalue weighted by atomic mass is 9.92. The fourth-order valence-electron chi connectivity index (χ4n) is 3.63. The fourth-order valence-corrected chi connectivity index (χ4v) is 3.63. The highest BCUT2D eigenvalue weighted by molar-refractivity contribution is 5.92. The Balaban J connectivity index is 1.67. The number of hydrogen-bond acceptors (Lipinski definition) is 2. The van der Waals surface area contributed by atoms with Crippen molar-refractivity contribution in [3.05, 3.63) is 29.3 Å². The minimum absolute atomic E-state index is 0.512. The van der Waals surface area contributed by atoms with Crippen molar-refractivity contribution in [2.45, 2.75) is 47.0 Å². The number of nitrogens with zero attached hydrogens (tertiary/aromatic N) is 2. The van der Waals surface area contributed by atoms with Crippen molar-refractivity contribution in [1.82, 2.24) is 4.90 Å². The van der Waals surface area contributed by atoms with Gasteiger partial charge in [0.25, 0.3) is 0 Å². The van der Waals surface area contributed by atoms with E-state index in [1.165, 1.54) is 43.6 Å². The van der Waals surface area contributed by atoms with Crippen LogP contribution < -0.4 is 11.1 Å². The lowest BCUT2D eigenvalue weighted by Crippen LogP contribution is -2.39. The third-order valence-corrected chi connectivity index (χ3v) is 4.89. The second-order valence-electron chi connectivity index (χ2n) is 7.60. The number of unbranched alkanes of at least 4 members (excludes halogenated alkanes) is 1. The Labute approximate surface area is 147 Å². The lowest BCUT2D eigenvalue weighted by molar-refractivity contribution is 0.139. The number of anilines is 1. The Kier molecular flexibility index (Phi) is 7.10. The summed E-state index contributed by atoms with van der Waals surface area (Å²) in [7, 11) is 0. The zero-order valence-corrected chi connectivity index (χ0v) is 15.8. The van der Waals surface area contributed by atoms with Crippen molar-refractivity contribution in [3.63, 3.8) is 0 Å². The quantitative estimate of drug-likeness (QED) is 0.474. The Morgan fingerprint density at radius 2 is 1.88 bits per heavy atom. The summed E-state index contributed by atoms with van der Waals surface area (Å²) in [5.41, 5.74) is 9.54. The summed E-state index contributed by atoms with van der Waals surface area (Å²) in [6, 6.07) is 6.26. The first-order valence-electron chi connectivity index (χ1n) is 9.30. The van der Waals surface area contributed by atoms with Gasteiger partial charge in [0, 0.05) is 25.3 Å². The van der Waals surface area contributed by atoms with E-state index in [0.717, 1.165) is 30.5 Å². The normalized spacial score (nSPS) is 22.6. The van der Waals surface area contributed by atoms with Crippen molar-refractivity contribution in [2.75, 3.05) is 31.5 Å². The Hall–Kier alpha value is -1.55. The summed E-state index contributed by atoms with van der Waals surface area (Å²) in [4.78, 5) is 7.06. The standard InChI is InChI=1S/C20H34N4/c1-15-11-16(2)14-24(13-15)10-6-5-9-22-20(21)23-19-8-7-17(3)18(4)12-19/h7-8,12,15-16H,5-6,9-11,13-14H2,1-4H3,(H3,21,22,23). The predicted molar refractivity (Wildman–Crippen MR) is 105 cm³/mol. The van der Waals surface area contributed by atoms with E-state index in [-0.39, 0.29) is 0 Å². The van der Waals surface area contributed by atoms with Crippen LogP contribution in [0.1, 0.15) is 44.2 Å². The van der Waals surface area contributed by atoms with Gasteiger partial charge in [-0.15, -0.1) is 0 Å². The van der Waals surface area contributed by atoms with Crippen molar-refractivity contribution in [3.8, 4) is 0 Å². The third-order valence-electron chi connectivity index (χ3n) is 4.89. The molecule has 24 heavy (non-hydrogen) atoms. The molecule has 1 aliphatic rings. The molecular weight excluding hydrogens is 296 g/mol. The Bertz CT molecular complexity index is 543. The smallest absolute Gasteiger partial charge is 0.193 e. The minimum atomic E-state index is 0.512. The van der Waals surface area contributed by atoms with Gasteiger partial charge in [-0.2, -0.15) is 0 Å². The molecule has 0 aromatic heterocycles. The number of rotatable bonds is 6. The predicted octanol–water partition coefficient (Wildman–Crippen LogP) is 3.79. The molecule has 2 rings (SSSR count). The summed E-state index contributed by atoms with van der Waals surface area (Å²) >= 11 is 0. The second kappa shape index (κ2) is 9.07. The molecule has 0 bridgehead atoms. The van der Waals surface area contributed by atoms with Gasteiger partial charge in [0.1, 0.15) is 0 Å². The largest absolute Gasteiger partial charge is 0.370 e. The number of nitrogens with two attached hydrogens (primary N) is 1. The van der Waals surface area contributed by atoms with Crippen LogP contribution in [0.3, 0.4) is 0 Å². The van der Waals surface area contributed by atoms with E-state index in [4.69, 9.17) is 5.73 Å². The number of hydrogen-bond donors (Lipinski definition) is 2. The molecule has 1 aliphatic heterocycles. The van der Waals surface area contributed by atoms with E-state index >= 15 is 0 Å². The van der Waals surface area contributed by atoms with Crippen molar-refractivity contribution in [2.24, 2.45) is 22.6 Å². The van der Waals surface area contributed by atoms with Gasteiger partial charge in [-0.3, -0.25) is 4.99 Å². The molecule has 134 valence electrons. The van der Waals surface area contributed by atoms with Crippen LogP contribution in [0.4, 0.5) is 5.69 Å². The number of guanidine groups is 1. The number of nitrogens with one attached hydrogen (secondary N) is 1. The van der Waals surface area contributed by atoms with Gasteiger partial charge in [0.05, 0.1) is 0 Å². The molecule has 4 heteroatoms. The molecule has 1 heterocycles. The van der Waals surface area contributed by atoms with Gasteiger partial charge in [0.2, 0.25) is 0 Å². The van der Waals surface area contributed by atoms with Crippen molar-refractivity contribution in [1.29, 1.82) is 0 Å². The fraction of sp³-hybridized carbons (Fsp3) is 0.650. The lowest BCUT2D eigenvalue weighted by Gasteiger charge is -2.34. The van der Waals surface area contributed by atoms with Crippen LogP contribution in [0.15, 0.2) is 23.2 Å². The first-order valence-corrected chi connectivity index (χ1v) is 9.30. The first-order chi connectivity index (χ1) is 11.4. The number of piperidine rings is 1. The van der Waals surface area contributed by atoms with E-state index in [1.807, 2.05) is 6.07 Å². The van der Waals surface area contributed by atoms with Crippen molar-refractivity contribution < 1.29 is 0 Å². The highest BCUT2D eigenvalue weighted by atomic mass is 15.1. The third kappa shape index (κ3) is 6.16. The SMILES string of the molecule is Cc1ccc(NC(N)=NCCCCN2CC(C)CC(C)C2)cc1C. The minimum Gasteiger partial charge on any atom is -0.370 e. The molecule has 0 amide bonds. The highest BCUT2D eigenvalue weighted by Gasteiger charge is 2.20. The molecule has 1 aromatic rings. The van der Waals surface area contributed by atoms with Crippen LogP contribution in [0.25, 0.3) is 0 Å². The summed E-state index contributed by atoms with van der Waals surface area (Å²) in [6.45, 7) is 13.4. The number of benzene rings is 1. The molecule has 2 atom stereocenters. The number of likely N-dealkylation sites (tertiary alicyclic amines) is 1. The van der Waals surface area contributed by atoms with Crippen molar-refractivity contribution >= 4 is 11.6 Å². The molecule has 1 fully saturated rings. The number of aliphatic imine (C=N–C) groups is 1. The van der Waals surface area contributed by atoms with Crippen LogP contribution in [-0.2, 0) is 0 Å². The molecule has 0 spiro atoms. The summed E-state index contributed by atoms with van der Waals surface area (Å²) in [5.74, 6) is 2.19. The van der Waals surface area contributed by atoms with E-state index in [1.54, 1.807) is 0 Å². The summed E-state index contributed by atoms with van der Waals surface area (Å²) in [5, 5.41) is 3.18. The molecule has 0 aliphatic carbocycles. The zero-order valence-electron chi connectivity index (χ0n) is 15.8. The van der Waals surface area contributed by atoms with Gasteiger partial charge in [-0.05, 0) is 74.8 Å². The second-order valence-corrected chi connectivity index (χ2v) is 7.60. The van der Waals surface area contributed by atoms with Crippen LogP contribution in [0, 0.1) is 25.7 Å². The average molecular weight is 331 g/mol. The average Bonchev–Trinajstić information content (AvgIpc) is 2.49. The molecule has 0 radical (unpaired) electrons. The van der Waals surface area contributed by atoms with Crippen LogP contribution in [-0.4, -0.2) is 37.0 Å². The van der Waals surface area contributed by atoms with Crippen LogP contribution in [0.5, 0.6) is 0 Å². The van der Waals surface area contributed by atoms with Crippen LogP contribution in [0.2, 0.25) is 0 Å². The van der Waals surface area contributed by atoms with E-state index in [9.17, 15) is 0 Å². The topological polar surface area (TPSA) is 53.6 Å². The molecule has 0 saturated carbocycles. The maximum absolute atomic E-state index is 5.98. The van der Waals surface area contributed by atoms with Gasteiger partial charge < -0.3 is 16.0 Å². The maximum atomic E-state index is 5.98. The summed E-state index contributed by atoms with van der Waals surface area (Å²) in [6.07, 6.45) is 3.66. The Morgan fingerprint density at radius 3 is 2.54 bits per heavy atom. The maximum Gasteiger partial charge on any atom is 0.193 e. The van der Waals surface area contributed by atoms with E-state index < -0.39 is 0 Å². The molecule has 3 N–H and O–H groups in total. The molecule has 4 nitrogen and oxygen atoms in total. The Morgan fingerprint density at radius 1 is 1.17 bits per heavy atom. The number of aryl methyl sites for hydroxylation is 2. The van der Waals surface area contributed by atoms with Gasteiger partial charge in [-0.25, -0.2) is 0 Å². The van der Waals surface area contributed by atoms with Crippen LogP contribution >= 0.6 is 0 Å². The van der Waals surface area contributed by atoms with Gasteiger partial charge in [0.15, 0.2) is 5.96 Å².